The highest BCUT2D eigenvalue weighted by molar-refractivity contribution is 5.79. The fraction of sp³-hybridized carbons (Fsp3) is 0.444. The van der Waals surface area contributed by atoms with Gasteiger partial charge < -0.3 is 18.9 Å². The molecule has 1 aromatic heterocycles. The number of hydrogen-bond donors (Lipinski definition) is 0. The lowest BCUT2D eigenvalue weighted by Crippen LogP contribution is -2.32. The fourth-order valence-corrected chi connectivity index (χ4v) is 3.18. The first-order valence-corrected chi connectivity index (χ1v) is 8.06. The highest BCUT2D eigenvalue weighted by Gasteiger charge is 2.31. The average molecular weight is 330 g/mol. The molecule has 1 amide bonds. The van der Waals surface area contributed by atoms with Gasteiger partial charge in [-0.3, -0.25) is 4.79 Å². The van der Waals surface area contributed by atoms with E-state index < -0.39 is 0 Å². The van der Waals surface area contributed by atoms with Gasteiger partial charge in [-0.2, -0.15) is 0 Å². The van der Waals surface area contributed by atoms with E-state index in [9.17, 15) is 4.79 Å². The van der Waals surface area contributed by atoms with Gasteiger partial charge in [0.15, 0.2) is 11.5 Å². The summed E-state index contributed by atoms with van der Waals surface area (Å²) in [6.45, 7) is 2.62. The summed E-state index contributed by atoms with van der Waals surface area (Å²) >= 11 is 0. The molecule has 24 heavy (non-hydrogen) atoms. The summed E-state index contributed by atoms with van der Waals surface area (Å²) in [6.07, 6.45) is 2.23. The number of methoxy groups -OCH3 is 2. The molecule has 2 heterocycles. The molecule has 0 saturated carbocycles. The van der Waals surface area contributed by atoms with Crippen molar-refractivity contribution in [3.05, 3.63) is 41.3 Å². The number of nitrogens with zero attached hydrogens (tertiary/aromatic N) is 2. The summed E-state index contributed by atoms with van der Waals surface area (Å²) in [7, 11) is 3.18. The summed E-state index contributed by atoms with van der Waals surface area (Å²) in [4.78, 5) is 14.7. The maximum absolute atomic E-state index is 12.8. The third-order valence-corrected chi connectivity index (χ3v) is 4.36. The van der Waals surface area contributed by atoms with E-state index in [0.29, 0.717) is 17.9 Å². The first-order chi connectivity index (χ1) is 11.6. The Morgan fingerprint density at radius 1 is 1.29 bits per heavy atom. The second-order valence-electron chi connectivity index (χ2n) is 5.97. The Balaban J connectivity index is 1.74. The van der Waals surface area contributed by atoms with E-state index in [4.69, 9.17) is 14.0 Å². The van der Waals surface area contributed by atoms with Crippen LogP contribution in [0.5, 0.6) is 11.5 Å². The summed E-state index contributed by atoms with van der Waals surface area (Å²) in [5.74, 6) is 2.15. The van der Waals surface area contributed by atoms with Crippen LogP contribution in [0, 0.1) is 6.92 Å². The van der Waals surface area contributed by atoms with Gasteiger partial charge in [0, 0.05) is 12.6 Å². The zero-order chi connectivity index (χ0) is 17.1. The monoisotopic (exact) mass is 330 g/mol. The van der Waals surface area contributed by atoms with E-state index >= 15 is 0 Å². The first-order valence-electron chi connectivity index (χ1n) is 8.06. The van der Waals surface area contributed by atoms with Crippen molar-refractivity contribution in [1.82, 2.24) is 10.1 Å². The number of rotatable bonds is 5. The Labute approximate surface area is 141 Å². The quantitative estimate of drug-likeness (QED) is 0.843. The topological polar surface area (TPSA) is 64.8 Å². The molecule has 1 aromatic carbocycles. The predicted molar refractivity (Wildman–Crippen MR) is 88.2 cm³/mol. The second kappa shape index (κ2) is 6.95. The minimum absolute atomic E-state index is 0.00935. The number of aromatic nitrogens is 1. The molecule has 6 heteroatoms. The van der Waals surface area contributed by atoms with Crippen molar-refractivity contribution in [2.45, 2.75) is 32.2 Å². The average Bonchev–Trinajstić information content (AvgIpc) is 3.23. The van der Waals surface area contributed by atoms with E-state index in [-0.39, 0.29) is 11.9 Å². The molecular formula is C18H22N2O4. The number of ether oxygens (including phenoxy) is 2. The van der Waals surface area contributed by atoms with Gasteiger partial charge in [-0.25, -0.2) is 0 Å². The van der Waals surface area contributed by atoms with Crippen LogP contribution in [0.15, 0.2) is 28.8 Å². The van der Waals surface area contributed by atoms with E-state index in [2.05, 4.69) is 5.16 Å². The lowest BCUT2D eigenvalue weighted by atomic mass is 10.1. The van der Waals surface area contributed by atoms with Crippen LogP contribution >= 0.6 is 0 Å². The molecule has 1 aliphatic heterocycles. The minimum atomic E-state index is 0.00935. The molecule has 1 unspecified atom stereocenters. The third-order valence-electron chi connectivity index (χ3n) is 4.36. The summed E-state index contributed by atoms with van der Waals surface area (Å²) in [6, 6.07) is 7.48. The number of likely N-dealkylation sites (tertiary alicyclic amines) is 1. The van der Waals surface area contributed by atoms with Gasteiger partial charge in [-0.1, -0.05) is 11.2 Å². The van der Waals surface area contributed by atoms with Crippen LogP contribution in [0.3, 0.4) is 0 Å². The van der Waals surface area contributed by atoms with Crippen LogP contribution in [0.2, 0.25) is 0 Å². The van der Waals surface area contributed by atoms with Crippen molar-refractivity contribution >= 4 is 5.91 Å². The largest absolute Gasteiger partial charge is 0.493 e. The zero-order valence-electron chi connectivity index (χ0n) is 14.2. The number of aryl methyl sites for hydroxylation is 1. The lowest BCUT2D eigenvalue weighted by Gasteiger charge is -2.23. The third kappa shape index (κ3) is 3.22. The molecule has 0 radical (unpaired) electrons. The smallest absolute Gasteiger partial charge is 0.227 e. The lowest BCUT2D eigenvalue weighted by molar-refractivity contribution is -0.131. The highest BCUT2D eigenvalue weighted by atomic mass is 16.5. The van der Waals surface area contributed by atoms with Crippen molar-refractivity contribution in [2.75, 3.05) is 20.8 Å². The van der Waals surface area contributed by atoms with E-state index in [1.165, 1.54) is 0 Å². The van der Waals surface area contributed by atoms with Gasteiger partial charge >= 0.3 is 0 Å². The molecule has 0 aliphatic carbocycles. The Morgan fingerprint density at radius 2 is 2.08 bits per heavy atom. The number of amides is 1. The molecule has 3 rings (SSSR count). The molecule has 1 aliphatic rings. The first kappa shape index (κ1) is 16.4. The Morgan fingerprint density at radius 3 is 2.75 bits per heavy atom. The predicted octanol–water partition coefficient (Wildman–Crippen LogP) is 2.91. The molecule has 1 fully saturated rings. The highest BCUT2D eigenvalue weighted by Crippen LogP contribution is 2.33. The van der Waals surface area contributed by atoms with Crippen molar-refractivity contribution in [1.29, 1.82) is 0 Å². The molecule has 1 saturated heterocycles. The van der Waals surface area contributed by atoms with Crippen LogP contribution in [-0.2, 0) is 11.2 Å². The molecule has 0 bridgehead atoms. The van der Waals surface area contributed by atoms with Crippen LogP contribution in [0.25, 0.3) is 0 Å². The van der Waals surface area contributed by atoms with Crippen LogP contribution in [0.1, 0.15) is 35.9 Å². The van der Waals surface area contributed by atoms with Gasteiger partial charge in [-0.05, 0) is 37.5 Å². The second-order valence-corrected chi connectivity index (χ2v) is 5.97. The molecule has 6 nitrogen and oxygen atoms in total. The van der Waals surface area contributed by atoms with Gasteiger partial charge in [0.25, 0.3) is 0 Å². The Bertz CT molecular complexity index is 726. The SMILES string of the molecule is COc1ccc(CC(=O)N2CCCC2c2cc(C)on2)cc1OC. The number of benzene rings is 1. The van der Waals surface area contributed by atoms with E-state index in [1.54, 1.807) is 14.2 Å². The van der Waals surface area contributed by atoms with Gasteiger partial charge in [0.2, 0.25) is 5.91 Å². The summed E-state index contributed by atoms with van der Waals surface area (Å²) < 4.78 is 15.7. The van der Waals surface area contributed by atoms with Crippen molar-refractivity contribution in [3.63, 3.8) is 0 Å². The normalized spacial score (nSPS) is 17.1. The molecular weight excluding hydrogens is 308 g/mol. The molecule has 0 spiro atoms. The molecule has 1 atom stereocenters. The Kier molecular flexibility index (Phi) is 4.74. The van der Waals surface area contributed by atoms with Crippen molar-refractivity contribution < 1.29 is 18.8 Å². The van der Waals surface area contributed by atoms with Gasteiger partial charge in [-0.15, -0.1) is 0 Å². The van der Waals surface area contributed by atoms with Crippen LogP contribution in [-0.4, -0.2) is 36.7 Å². The van der Waals surface area contributed by atoms with Crippen LogP contribution < -0.4 is 9.47 Å². The molecule has 0 N–H and O–H groups in total. The van der Waals surface area contributed by atoms with Gasteiger partial charge in [0.05, 0.1) is 26.7 Å². The summed E-state index contributed by atoms with van der Waals surface area (Å²) in [5.41, 5.74) is 1.74. The zero-order valence-corrected chi connectivity index (χ0v) is 14.2. The molecule has 128 valence electrons. The van der Waals surface area contributed by atoms with Crippen molar-refractivity contribution in [2.24, 2.45) is 0 Å². The minimum Gasteiger partial charge on any atom is -0.493 e. The maximum Gasteiger partial charge on any atom is 0.227 e. The summed E-state index contributed by atoms with van der Waals surface area (Å²) in [5, 5.41) is 4.08. The van der Waals surface area contributed by atoms with E-state index in [0.717, 1.165) is 36.4 Å². The fourth-order valence-electron chi connectivity index (χ4n) is 3.18. The van der Waals surface area contributed by atoms with E-state index in [1.807, 2.05) is 36.1 Å². The van der Waals surface area contributed by atoms with Crippen molar-refractivity contribution in [3.8, 4) is 11.5 Å². The number of carbonyl (C=O) groups is 1. The Hall–Kier alpha value is -2.50. The number of carbonyl (C=O) groups excluding carboxylic acids is 1. The standard InChI is InChI=1S/C18H22N2O4/c1-12-9-14(19-24-12)15-5-4-8-20(15)18(21)11-13-6-7-16(22-2)17(10-13)23-3/h6-7,9-10,15H,4-5,8,11H2,1-3H3. The van der Waals surface area contributed by atoms with Crippen LogP contribution in [0.4, 0.5) is 0 Å². The number of hydrogen-bond acceptors (Lipinski definition) is 5. The molecule has 2 aromatic rings. The van der Waals surface area contributed by atoms with Gasteiger partial charge in [0.1, 0.15) is 11.5 Å². The maximum atomic E-state index is 12.8.